The number of para-hydroxylation sites is 3. The molecule has 0 N–H and O–H groups in total. The van der Waals surface area contributed by atoms with Crippen LogP contribution in [0.1, 0.15) is 0 Å². The fourth-order valence-corrected chi connectivity index (χ4v) is 3.36. The number of imidazole rings is 1. The van der Waals surface area contributed by atoms with E-state index in [-0.39, 0.29) is 0 Å². The number of rotatable bonds is 2. The molecule has 0 aliphatic rings. The quantitative estimate of drug-likeness (QED) is 0.686. The second kappa shape index (κ2) is 4.42. The Hall–Kier alpha value is -1.74. The van der Waals surface area contributed by atoms with Crippen molar-refractivity contribution in [2.45, 2.75) is 5.16 Å². The van der Waals surface area contributed by atoms with E-state index in [1.807, 2.05) is 12.1 Å². The molecule has 0 saturated heterocycles. The molecule has 3 rings (SSSR count). The second-order valence-corrected chi connectivity index (χ2v) is 9.43. The highest BCUT2D eigenvalue weighted by atomic mass is 32.3. The van der Waals surface area contributed by atoms with Gasteiger partial charge >= 0.3 is 0 Å². The molecule has 0 saturated carbocycles. The summed E-state index contributed by atoms with van der Waals surface area (Å²) in [5, 5.41) is 1.18. The highest BCUT2D eigenvalue weighted by molar-refractivity contribution is 8.32. The summed E-state index contributed by atoms with van der Waals surface area (Å²) in [6, 6.07) is 18.8. The lowest BCUT2D eigenvalue weighted by Crippen LogP contribution is -2.04. The molecule has 0 fully saturated rings. The molecular formula is C16H18N2S. The molecule has 0 unspecified atom stereocenters. The van der Waals surface area contributed by atoms with Crippen LogP contribution in [0.4, 0.5) is 0 Å². The van der Waals surface area contributed by atoms with Gasteiger partial charge in [0.2, 0.25) is 0 Å². The normalized spacial score (nSPS) is 12.8. The van der Waals surface area contributed by atoms with Crippen LogP contribution in [0.15, 0.2) is 59.8 Å². The maximum absolute atomic E-state index is 4.86. The van der Waals surface area contributed by atoms with E-state index >= 15 is 0 Å². The number of benzene rings is 2. The summed E-state index contributed by atoms with van der Waals surface area (Å²) in [7, 11) is -0.892. The Labute approximate surface area is 115 Å². The summed E-state index contributed by atoms with van der Waals surface area (Å²) in [5.41, 5.74) is 3.45. The van der Waals surface area contributed by atoms with E-state index in [9.17, 15) is 0 Å². The fourth-order valence-electron chi connectivity index (χ4n) is 2.24. The van der Waals surface area contributed by atoms with Gasteiger partial charge < -0.3 is 0 Å². The zero-order chi connectivity index (χ0) is 13.5. The van der Waals surface area contributed by atoms with E-state index in [1.165, 1.54) is 16.4 Å². The van der Waals surface area contributed by atoms with Crippen LogP contribution >= 0.6 is 10.0 Å². The van der Waals surface area contributed by atoms with Crippen molar-refractivity contribution in [1.82, 2.24) is 9.55 Å². The molecule has 0 radical (unpaired) electrons. The molecular weight excluding hydrogens is 252 g/mol. The SMILES string of the molecule is CS(C)(C)c1nc2ccccc2n1-c1ccccc1. The van der Waals surface area contributed by atoms with Gasteiger partial charge in [-0.3, -0.25) is 4.57 Å². The maximum atomic E-state index is 4.86. The van der Waals surface area contributed by atoms with Gasteiger partial charge in [-0.15, -0.1) is 0 Å². The molecule has 2 aromatic carbocycles. The highest BCUT2D eigenvalue weighted by Gasteiger charge is 2.19. The molecule has 2 nitrogen and oxygen atoms in total. The van der Waals surface area contributed by atoms with Gasteiger partial charge in [0.25, 0.3) is 0 Å². The van der Waals surface area contributed by atoms with Gasteiger partial charge in [0.05, 0.1) is 11.0 Å². The van der Waals surface area contributed by atoms with E-state index in [0.717, 1.165) is 5.52 Å². The first kappa shape index (κ1) is 12.3. The minimum atomic E-state index is -0.892. The Kier molecular flexibility index (Phi) is 2.86. The monoisotopic (exact) mass is 270 g/mol. The molecule has 3 heteroatoms. The lowest BCUT2D eigenvalue weighted by atomic mass is 10.3. The molecule has 0 aliphatic carbocycles. The average molecular weight is 270 g/mol. The number of hydrogen-bond donors (Lipinski definition) is 0. The third-order valence-electron chi connectivity index (χ3n) is 3.09. The van der Waals surface area contributed by atoms with Crippen molar-refractivity contribution in [2.24, 2.45) is 0 Å². The van der Waals surface area contributed by atoms with Crippen LogP contribution in [0, 0.1) is 0 Å². The van der Waals surface area contributed by atoms with Crippen molar-refractivity contribution in [2.75, 3.05) is 18.8 Å². The minimum absolute atomic E-state index is 0.892. The zero-order valence-electron chi connectivity index (χ0n) is 11.5. The molecule has 0 atom stereocenters. The van der Waals surface area contributed by atoms with Crippen LogP contribution < -0.4 is 0 Å². The van der Waals surface area contributed by atoms with Crippen LogP contribution in [0.2, 0.25) is 0 Å². The molecule has 0 spiro atoms. The molecule has 98 valence electrons. The van der Waals surface area contributed by atoms with Crippen LogP contribution in [-0.4, -0.2) is 28.3 Å². The zero-order valence-corrected chi connectivity index (χ0v) is 12.3. The van der Waals surface area contributed by atoms with Crippen molar-refractivity contribution in [3.63, 3.8) is 0 Å². The summed E-state index contributed by atoms with van der Waals surface area (Å²) in [6.45, 7) is 0. The third kappa shape index (κ3) is 2.15. The van der Waals surface area contributed by atoms with E-state index in [2.05, 4.69) is 65.8 Å². The molecule has 0 bridgehead atoms. The first-order valence-electron chi connectivity index (χ1n) is 6.28. The van der Waals surface area contributed by atoms with Crippen molar-refractivity contribution in [3.05, 3.63) is 54.6 Å². The maximum Gasteiger partial charge on any atom is 0.155 e. The van der Waals surface area contributed by atoms with E-state index in [0.29, 0.717) is 0 Å². The Morgan fingerprint density at radius 1 is 0.842 bits per heavy atom. The van der Waals surface area contributed by atoms with Gasteiger partial charge in [0.15, 0.2) is 5.16 Å². The lowest BCUT2D eigenvalue weighted by molar-refractivity contribution is 0.912. The van der Waals surface area contributed by atoms with Crippen LogP contribution in [-0.2, 0) is 0 Å². The van der Waals surface area contributed by atoms with Gasteiger partial charge in [0.1, 0.15) is 0 Å². The Morgan fingerprint density at radius 3 is 2.16 bits per heavy atom. The number of nitrogens with zero attached hydrogens (tertiary/aromatic N) is 2. The Balaban J connectivity index is 2.38. The van der Waals surface area contributed by atoms with Crippen LogP contribution in [0.25, 0.3) is 16.7 Å². The minimum Gasteiger partial charge on any atom is -0.289 e. The number of fused-ring (bicyclic) bond motifs is 1. The lowest BCUT2D eigenvalue weighted by Gasteiger charge is -2.25. The topological polar surface area (TPSA) is 17.8 Å². The molecule has 1 heterocycles. The molecule has 0 amide bonds. The summed E-state index contributed by atoms with van der Waals surface area (Å²) in [5.74, 6) is 0. The van der Waals surface area contributed by atoms with Crippen molar-refractivity contribution >= 4 is 21.1 Å². The van der Waals surface area contributed by atoms with Gasteiger partial charge in [-0.25, -0.2) is 4.98 Å². The first-order chi connectivity index (χ1) is 9.07. The molecule has 1 aromatic heterocycles. The molecule has 3 aromatic rings. The molecule has 19 heavy (non-hydrogen) atoms. The van der Waals surface area contributed by atoms with Gasteiger partial charge in [0, 0.05) is 5.69 Å². The van der Waals surface area contributed by atoms with Crippen LogP contribution in [0.3, 0.4) is 0 Å². The van der Waals surface area contributed by atoms with E-state index < -0.39 is 10.0 Å². The molecule has 0 aliphatic heterocycles. The summed E-state index contributed by atoms with van der Waals surface area (Å²) in [4.78, 5) is 4.86. The number of aromatic nitrogens is 2. The smallest absolute Gasteiger partial charge is 0.155 e. The van der Waals surface area contributed by atoms with Gasteiger partial charge in [-0.1, -0.05) is 30.3 Å². The highest BCUT2D eigenvalue weighted by Crippen LogP contribution is 2.46. The fraction of sp³-hybridized carbons (Fsp3) is 0.188. The predicted molar refractivity (Wildman–Crippen MR) is 84.7 cm³/mol. The Morgan fingerprint density at radius 2 is 1.47 bits per heavy atom. The van der Waals surface area contributed by atoms with E-state index in [4.69, 9.17) is 4.98 Å². The number of hydrogen-bond acceptors (Lipinski definition) is 1. The van der Waals surface area contributed by atoms with Gasteiger partial charge in [-0.05, 0) is 43.0 Å². The van der Waals surface area contributed by atoms with Gasteiger partial charge in [-0.2, -0.15) is 10.0 Å². The second-order valence-electron chi connectivity index (χ2n) is 5.39. The van der Waals surface area contributed by atoms with Crippen molar-refractivity contribution < 1.29 is 0 Å². The summed E-state index contributed by atoms with van der Waals surface area (Å²) < 4.78 is 2.30. The summed E-state index contributed by atoms with van der Waals surface area (Å²) in [6.07, 6.45) is 6.86. The van der Waals surface area contributed by atoms with E-state index in [1.54, 1.807) is 0 Å². The predicted octanol–water partition coefficient (Wildman–Crippen LogP) is 4.08. The standard InChI is InChI=1S/C16H18N2S/c1-19(2,3)16-17-14-11-7-8-12-15(14)18(16)13-9-5-4-6-10-13/h4-12H,1-3H3. The van der Waals surface area contributed by atoms with Crippen molar-refractivity contribution in [3.8, 4) is 5.69 Å². The average Bonchev–Trinajstić information content (AvgIpc) is 2.79. The van der Waals surface area contributed by atoms with Crippen molar-refractivity contribution in [1.29, 1.82) is 0 Å². The largest absolute Gasteiger partial charge is 0.289 e. The first-order valence-corrected chi connectivity index (χ1v) is 9.14. The third-order valence-corrected chi connectivity index (χ3v) is 4.46. The summed E-state index contributed by atoms with van der Waals surface area (Å²) >= 11 is 0. The Bertz CT molecular complexity index is 708. The van der Waals surface area contributed by atoms with Crippen LogP contribution in [0.5, 0.6) is 0 Å².